The van der Waals surface area contributed by atoms with Crippen molar-refractivity contribution in [1.29, 1.82) is 0 Å². The Kier molecular flexibility index (Phi) is 5.10. The molecule has 0 radical (unpaired) electrons. The van der Waals surface area contributed by atoms with E-state index in [1.54, 1.807) is 17.1 Å². The summed E-state index contributed by atoms with van der Waals surface area (Å²) in [5, 5.41) is 7.23. The van der Waals surface area contributed by atoms with Gasteiger partial charge in [-0.15, -0.1) is 0 Å². The van der Waals surface area contributed by atoms with E-state index in [0.717, 1.165) is 22.6 Å². The Morgan fingerprint density at radius 1 is 0.935 bits per heavy atom. The van der Waals surface area contributed by atoms with Crippen molar-refractivity contribution in [3.8, 4) is 22.6 Å². The van der Waals surface area contributed by atoms with Crippen molar-refractivity contribution in [3.63, 3.8) is 0 Å². The molecule has 0 spiro atoms. The zero-order valence-electron chi connectivity index (χ0n) is 16.8. The Morgan fingerprint density at radius 2 is 1.65 bits per heavy atom. The number of aromatic nitrogens is 2. The number of carbonyl (C=O) groups is 1. The molecule has 0 aliphatic carbocycles. The molecule has 5 rings (SSSR count). The Balaban J connectivity index is 1.20. The number of para-hydroxylation sites is 2. The van der Waals surface area contributed by atoms with Crippen LogP contribution in [0, 0.1) is 0 Å². The molecule has 0 fully saturated rings. The van der Waals surface area contributed by atoms with Crippen LogP contribution in [0.1, 0.15) is 10.4 Å². The predicted octanol–water partition coefficient (Wildman–Crippen LogP) is 4.64. The molecule has 4 aromatic rings. The number of ether oxygens (including phenoxy) is 2. The topological polar surface area (TPSA) is 65.4 Å². The molecule has 1 unspecified atom stereocenters. The van der Waals surface area contributed by atoms with E-state index in [-0.39, 0.29) is 12.0 Å². The number of nitrogens with one attached hydrogen (secondary N) is 1. The average Bonchev–Trinajstić information content (AvgIpc) is 3.26. The number of hydrogen-bond donors (Lipinski definition) is 1. The second-order valence-electron chi connectivity index (χ2n) is 7.35. The highest BCUT2D eigenvalue weighted by molar-refractivity contribution is 6.04. The van der Waals surface area contributed by atoms with E-state index in [1.807, 2.05) is 78.9 Å². The first-order chi connectivity index (χ1) is 15.2. The average molecular weight is 411 g/mol. The van der Waals surface area contributed by atoms with Gasteiger partial charge in [-0.3, -0.25) is 9.48 Å². The molecule has 1 aliphatic rings. The monoisotopic (exact) mass is 411 g/mol. The summed E-state index contributed by atoms with van der Waals surface area (Å²) in [4.78, 5) is 12.6. The molecule has 1 atom stereocenters. The molecule has 3 aromatic carbocycles. The van der Waals surface area contributed by atoms with Crippen molar-refractivity contribution in [3.05, 3.63) is 96.8 Å². The van der Waals surface area contributed by atoms with Crippen LogP contribution in [-0.2, 0) is 6.54 Å². The Hall–Kier alpha value is -4.06. The van der Waals surface area contributed by atoms with E-state index >= 15 is 0 Å². The third-order valence-corrected chi connectivity index (χ3v) is 5.10. The highest BCUT2D eigenvalue weighted by atomic mass is 16.6. The predicted molar refractivity (Wildman–Crippen MR) is 118 cm³/mol. The van der Waals surface area contributed by atoms with Crippen molar-refractivity contribution in [2.75, 3.05) is 11.9 Å². The zero-order chi connectivity index (χ0) is 21.0. The zero-order valence-corrected chi connectivity index (χ0v) is 16.8. The number of amides is 1. The van der Waals surface area contributed by atoms with Crippen LogP contribution in [-0.4, -0.2) is 28.4 Å². The van der Waals surface area contributed by atoms with E-state index in [0.29, 0.717) is 24.4 Å². The summed E-state index contributed by atoms with van der Waals surface area (Å²) in [5.74, 6) is 1.31. The van der Waals surface area contributed by atoms with Crippen LogP contribution in [0.4, 0.5) is 5.69 Å². The quantitative estimate of drug-likeness (QED) is 0.520. The first-order valence-corrected chi connectivity index (χ1v) is 10.1. The molecule has 1 N–H and O–H groups in total. The fraction of sp³-hybridized carbons (Fsp3) is 0.120. The van der Waals surface area contributed by atoms with Crippen LogP contribution in [0.5, 0.6) is 11.5 Å². The molecular weight excluding hydrogens is 390 g/mol. The summed E-state index contributed by atoms with van der Waals surface area (Å²) in [6, 6.07) is 25.2. The summed E-state index contributed by atoms with van der Waals surface area (Å²) >= 11 is 0. The van der Waals surface area contributed by atoms with Crippen LogP contribution in [0.25, 0.3) is 11.1 Å². The molecule has 2 heterocycles. The van der Waals surface area contributed by atoms with Crippen molar-refractivity contribution in [1.82, 2.24) is 9.78 Å². The molecule has 0 saturated carbocycles. The molecular formula is C25H21N3O3. The van der Waals surface area contributed by atoms with Crippen LogP contribution < -0.4 is 14.8 Å². The standard InChI is InChI=1S/C25H21N3O3/c29-25(20-12-10-19(11-13-20)18-6-2-1-3-7-18)27-21-14-26-28(15-21)16-22-17-30-23-8-4-5-9-24(23)31-22/h1-15,22H,16-17H2,(H,27,29). The van der Waals surface area contributed by atoms with Gasteiger partial charge in [0.05, 0.1) is 18.4 Å². The number of nitrogens with zero attached hydrogens (tertiary/aromatic N) is 2. The van der Waals surface area contributed by atoms with E-state index in [2.05, 4.69) is 10.4 Å². The van der Waals surface area contributed by atoms with Gasteiger partial charge in [-0.05, 0) is 35.4 Å². The SMILES string of the molecule is O=C(Nc1cnn(CC2COc3ccccc3O2)c1)c1ccc(-c2ccccc2)cc1. The number of hydrogen-bond acceptors (Lipinski definition) is 4. The maximum Gasteiger partial charge on any atom is 0.255 e. The lowest BCUT2D eigenvalue weighted by atomic mass is 10.0. The smallest absolute Gasteiger partial charge is 0.255 e. The van der Waals surface area contributed by atoms with Crippen molar-refractivity contribution < 1.29 is 14.3 Å². The first kappa shape index (κ1) is 18.9. The highest BCUT2D eigenvalue weighted by Gasteiger charge is 2.21. The maximum absolute atomic E-state index is 12.6. The first-order valence-electron chi connectivity index (χ1n) is 10.1. The van der Waals surface area contributed by atoms with Crippen LogP contribution in [0.15, 0.2) is 91.3 Å². The number of rotatable bonds is 5. The number of fused-ring (bicyclic) bond motifs is 1. The normalized spacial score (nSPS) is 14.8. The third-order valence-electron chi connectivity index (χ3n) is 5.10. The fourth-order valence-electron chi connectivity index (χ4n) is 3.54. The van der Waals surface area contributed by atoms with Gasteiger partial charge in [0, 0.05) is 11.8 Å². The molecule has 154 valence electrons. The summed E-state index contributed by atoms with van der Waals surface area (Å²) in [5.41, 5.74) is 3.41. The number of carbonyl (C=O) groups excluding carboxylic acids is 1. The molecule has 6 heteroatoms. The van der Waals surface area contributed by atoms with Gasteiger partial charge in [-0.2, -0.15) is 5.10 Å². The lowest BCUT2D eigenvalue weighted by Crippen LogP contribution is -2.33. The van der Waals surface area contributed by atoms with Gasteiger partial charge in [0.25, 0.3) is 5.91 Å². The van der Waals surface area contributed by atoms with E-state index < -0.39 is 0 Å². The van der Waals surface area contributed by atoms with Gasteiger partial charge < -0.3 is 14.8 Å². The minimum Gasteiger partial charge on any atom is -0.486 e. The minimum atomic E-state index is -0.176. The lowest BCUT2D eigenvalue weighted by Gasteiger charge is -2.26. The van der Waals surface area contributed by atoms with Crippen molar-refractivity contribution in [2.24, 2.45) is 0 Å². The van der Waals surface area contributed by atoms with Crippen LogP contribution in [0.3, 0.4) is 0 Å². The second-order valence-corrected chi connectivity index (χ2v) is 7.35. The summed E-state index contributed by atoms with van der Waals surface area (Å²) in [6.07, 6.45) is 3.28. The summed E-state index contributed by atoms with van der Waals surface area (Å²) < 4.78 is 13.5. The fourth-order valence-corrected chi connectivity index (χ4v) is 3.54. The van der Waals surface area contributed by atoms with Crippen LogP contribution >= 0.6 is 0 Å². The summed E-state index contributed by atoms with van der Waals surface area (Å²) in [6.45, 7) is 0.975. The molecule has 1 aliphatic heterocycles. The van der Waals surface area contributed by atoms with Gasteiger partial charge in [-0.25, -0.2) is 0 Å². The van der Waals surface area contributed by atoms with Crippen molar-refractivity contribution in [2.45, 2.75) is 12.6 Å². The Labute approximate surface area is 180 Å². The Bertz CT molecular complexity index is 1190. The number of anilines is 1. The van der Waals surface area contributed by atoms with Gasteiger partial charge in [0.15, 0.2) is 17.6 Å². The van der Waals surface area contributed by atoms with Gasteiger partial charge in [0.2, 0.25) is 0 Å². The molecule has 0 bridgehead atoms. The van der Waals surface area contributed by atoms with E-state index in [1.165, 1.54) is 0 Å². The van der Waals surface area contributed by atoms with E-state index in [4.69, 9.17) is 9.47 Å². The third kappa shape index (κ3) is 4.28. The largest absolute Gasteiger partial charge is 0.486 e. The minimum absolute atomic E-state index is 0.149. The Morgan fingerprint density at radius 3 is 2.45 bits per heavy atom. The van der Waals surface area contributed by atoms with Gasteiger partial charge >= 0.3 is 0 Å². The van der Waals surface area contributed by atoms with Gasteiger partial charge in [0.1, 0.15) is 6.61 Å². The summed E-state index contributed by atoms with van der Waals surface area (Å²) in [7, 11) is 0. The molecule has 1 amide bonds. The maximum atomic E-state index is 12.6. The van der Waals surface area contributed by atoms with Crippen molar-refractivity contribution >= 4 is 11.6 Å². The second kappa shape index (κ2) is 8.36. The number of benzene rings is 3. The van der Waals surface area contributed by atoms with E-state index in [9.17, 15) is 4.79 Å². The lowest BCUT2D eigenvalue weighted by molar-refractivity contribution is 0.0759. The molecule has 0 saturated heterocycles. The van der Waals surface area contributed by atoms with Crippen LogP contribution in [0.2, 0.25) is 0 Å². The molecule has 6 nitrogen and oxygen atoms in total. The molecule has 1 aromatic heterocycles. The van der Waals surface area contributed by atoms with Gasteiger partial charge in [-0.1, -0.05) is 54.6 Å². The highest BCUT2D eigenvalue weighted by Crippen LogP contribution is 2.31. The molecule has 31 heavy (non-hydrogen) atoms.